The lowest BCUT2D eigenvalue weighted by molar-refractivity contribution is -0.110. The number of aliphatic hydroxyl groups is 2. The molecule has 1 amide bonds. The molecule has 4 rings (SSSR count). The Morgan fingerprint density at radius 3 is 2.72 bits per heavy atom. The maximum Gasteiger partial charge on any atom is 0.260 e. The largest absolute Gasteiger partial charge is 0.487 e. The van der Waals surface area contributed by atoms with Crippen LogP contribution in [0.2, 0.25) is 0 Å². The maximum atomic E-state index is 12.5. The van der Waals surface area contributed by atoms with E-state index in [4.69, 9.17) is 9.84 Å². The predicted octanol–water partition coefficient (Wildman–Crippen LogP) is 2.60. The normalized spacial score (nSPS) is 18.6. The Morgan fingerprint density at radius 2 is 1.97 bits per heavy atom. The molecular formula is C23H26N2O4. The molecule has 3 N–H and O–H groups in total. The highest BCUT2D eigenvalue weighted by Crippen LogP contribution is 2.41. The van der Waals surface area contributed by atoms with Crippen molar-refractivity contribution in [2.45, 2.75) is 39.1 Å². The Labute approximate surface area is 170 Å². The van der Waals surface area contributed by atoms with Gasteiger partial charge in [0, 0.05) is 41.5 Å². The van der Waals surface area contributed by atoms with Crippen molar-refractivity contribution in [2.75, 3.05) is 18.5 Å². The van der Waals surface area contributed by atoms with Gasteiger partial charge in [0.2, 0.25) is 0 Å². The van der Waals surface area contributed by atoms with E-state index in [1.807, 2.05) is 36.4 Å². The number of aliphatic hydroxyl groups excluding tert-OH is 2. The van der Waals surface area contributed by atoms with Crippen LogP contribution in [0.25, 0.3) is 11.3 Å². The minimum absolute atomic E-state index is 0.137. The van der Waals surface area contributed by atoms with Crippen LogP contribution in [0.3, 0.4) is 0 Å². The van der Waals surface area contributed by atoms with Gasteiger partial charge >= 0.3 is 0 Å². The number of ether oxygens (including phenoxy) is 1. The summed E-state index contributed by atoms with van der Waals surface area (Å²) >= 11 is 0. The molecule has 0 unspecified atom stereocenters. The minimum atomic E-state index is -0.757. The van der Waals surface area contributed by atoms with Crippen molar-refractivity contribution >= 4 is 22.9 Å². The lowest BCUT2D eigenvalue weighted by Crippen LogP contribution is -2.38. The van der Waals surface area contributed by atoms with Crippen LogP contribution in [0.5, 0.6) is 0 Å². The van der Waals surface area contributed by atoms with Gasteiger partial charge in [0.25, 0.3) is 5.91 Å². The average molecular weight is 394 g/mol. The van der Waals surface area contributed by atoms with Gasteiger partial charge in [-0.15, -0.1) is 0 Å². The fraction of sp³-hybridized carbons (Fsp3) is 0.348. The van der Waals surface area contributed by atoms with Gasteiger partial charge in [0.15, 0.2) is 0 Å². The van der Waals surface area contributed by atoms with Crippen molar-refractivity contribution in [3.63, 3.8) is 0 Å². The van der Waals surface area contributed by atoms with Crippen molar-refractivity contribution in [3.05, 3.63) is 64.7 Å². The molecule has 0 fully saturated rings. The Bertz CT molecular complexity index is 967. The van der Waals surface area contributed by atoms with E-state index in [0.29, 0.717) is 31.0 Å². The van der Waals surface area contributed by atoms with Gasteiger partial charge in [0.05, 0.1) is 18.3 Å². The Morgan fingerprint density at radius 1 is 1.17 bits per heavy atom. The third-order valence-electron chi connectivity index (χ3n) is 5.46. The molecule has 0 spiro atoms. The second-order valence-corrected chi connectivity index (χ2v) is 7.84. The van der Waals surface area contributed by atoms with Crippen LogP contribution in [-0.2, 0) is 22.7 Å². The number of nitrogens with zero attached hydrogens (tertiary/aromatic N) is 1. The molecule has 0 saturated heterocycles. The molecule has 0 aromatic heterocycles. The lowest BCUT2D eigenvalue weighted by Gasteiger charge is -2.28. The molecular weight excluding hydrogens is 368 g/mol. The third-order valence-corrected chi connectivity index (χ3v) is 5.46. The van der Waals surface area contributed by atoms with Gasteiger partial charge in [-0.2, -0.15) is 0 Å². The zero-order chi connectivity index (χ0) is 20.5. The smallest absolute Gasteiger partial charge is 0.260 e. The first-order valence-corrected chi connectivity index (χ1v) is 9.91. The highest BCUT2D eigenvalue weighted by atomic mass is 16.5. The topological polar surface area (TPSA) is 82.0 Å². The van der Waals surface area contributed by atoms with Crippen LogP contribution in [0.15, 0.2) is 42.5 Å². The van der Waals surface area contributed by atoms with E-state index in [-0.39, 0.29) is 18.6 Å². The number of carbonyl (C=O) groups excluding carboxylic acids is 1. The van der Waals surface area contributed by atoms with Crippen molar-refractivity contribution in [2.24, 2.45) is 0 Å². The molecule has 152 valence electrons. The van der Waals surface area contributed by atoms with E-state index in [9.17, 15) is 9.90 Å². The second kappa shape index (κ2) is 7.99. The summed E-state index contributed by atoms with van der Waals surface area (Å²) in [5.74, 6) is 0.493. The summed E-state index contributed by atoms with van der Waals surface area (Å²) in [7, 11) is 0. The number of fused-ring (bicyclic) bond motifs is 2. The van der Waals surface area contributed by atoms with Gasteiger partial charge in [-0.1, -0.05) is 36.4 Å². The van der Waals surface area contributed by atoms with E-state index < -0.39 is 6.10 Å². The molecule has 2 aliphatic heterocycles. The van der Waals surface area contributed by atoms with Gasteiger partial charge in [0.1, 0.15) is 12.4 Å². The molecule has 6 nitrogen and oxygen atoms in total. The molecule has 2 heterocycles. The number of hydrogen-bond donors (Lipinski definition) is 3. The number of benzene rings is 2. The monoisotopic (exact) mass is 394 g/mol. The van der Waals surface area contributed by atoms with Gasteiger partial charge in [-0.3, -0.25) is 9.69 Å². The molecule has 0 aliphatic carbocycles. The molecule has 2 aliphatic rings. The zero-order valence-corrected chi connectivity index (χ0v) is 16.7. The van der Waals surface area contributed by atoms with Crippen LogP contribution in [0.4, 0.5) is 5.69 Å². The van der Waals surface area contributed by atoms with Crippen LogP contribution in [-0.4, -0.2) is 46.3 Å². The molecule has 2 aromatic carbocycles. The molecule has 6 heteroatoms. The molecule has 29 heavy (non-hydrogen) atoms. The maximum absolute atomic E-state index is 12.5. The fourth-order valence-corrected chi connectivity index (χ4v) is 3.88. The van der Waals surface area contributed by atoms with Gasteiger partial charge in [-0.25, -0.2) is 0 Å². The van der Waals surface area contributed by atoms with Crippen LogP contribution in [0.1, 0.15) is 36.1 Å². The summed E-state index contributed by atoms with van der Waals surface area (Å²) in [4.78, 5) is 14.7. The first-order valence-electron chi connectivity index (χ1n) is 9.91. The third kappa shape index (κ3) is 3.79. The lowest BCUT2D eigenvalue weighted by atomic mass is 9.99. The average Bonchev–Trinajstić information content (AvgIpc) is 3.26. The Kier molecular flexibility index (Phi) is 5.41. The van der Waals surface area contributed by atoms with Crippen LogP contribution in [0, 0.1) is 0 Å². The van der Waals surface area contributed by atoms with Crippen molar-refractivity contribution in [1.29, 1.82) is 0 Å². The summed E-state index contributed by atoms with van der Waals surface area (Å²) in [6.07, 6.45) is -0.757. The highest BCUT2D eigenvalue weighted by molar-refractivity contribution is 6.36. The molecule has 0 bridgehead atoms. The second-order valence-electron chi connectivity index (χ2n) is 7.84. The number of amides is 1. The van der Waals surface area contributed by atoms with E-state index >= 15 is 0 Å². The summed E-state index contributed by atoms with van der Waals surface area (Å²) in [5, 5.41) is 21.9. The summed E-state index contributed by atoms with van der Waals surface area (Å²) < 4.78 is 5.96. The molecule has 0 radical (unpaired) electrons. The fourth-order valence-electron chi connectivity index (χ4n) is 3.88. The SMILES string of the molecule is CC(C)N(Cc1ccc2c(c1)COC2=C1C(=O)Nc2ccccc21)C[C@@H](O)CO. The number of nitrogens with one attached hydrogen (secondary N) is 1. The van der Waals surface area contributed by atoms with Crippen molar-refractivity contribution in [3.8, 4) is 0 Å². The number of rotatable bonds is 6. The Balaban J connectivity index is 1.63. The number of carbonyl (C=O) groups is 1. The predicted molar refractivity (Wildman–Crippen MR) is 112 cm³/mol. The van der Waals surface area contributed by atoms with Crippen LogP contribution < -0.4 is 5.32 Å². The first kappa shape index (κ1) is 19.6. The molecule has 2 aromatic rings. The van der Waals surface area contributed by atoms with Crippen molar-refractivity contribution < 1.29 is 19.7 Å². The highest BCUT2D eigenvalue weighted by Gasteiger charge is 2.32. The zero-order valence-electron chi connectivity index (χ0n) is 16.7. The molecule has 1 atom stereocenters. The number of anilines is 1. The summed E-state index contributed by atoms with van der Waals surface area (Å²) in [5.41, 5.74) is 5.36. The van der Waals surface area contributed by atoms with E-state index in [1.165, 1.54) is 0 Å². The number of hydrogen-bond acceptors (Lipinski definition) is 5. The van der Waals surface area contributed by atoms with Gasteiger partial charge < -0.3 is 20.3 Å². The summed E-state index contributed by atoms with van der Waals surface area (Å²) in [6.45, 7) is 5.39. The Hall–Kier alpha value is -2.67. The quantitative estimate of drug-likeness (QED) is 0.656. The van der Waals surface area contributed by atoms with Gasteiger partial charge in [-0.05, 0) is 25.5 Å². The standard InChI is InChI=1S/C23H26N2O4/c1-14(2)25(11-17(27)12-26)10-15-7-8-18-16(9-15)13-29-22(18)21-19-5-3-4-6-20(19)24-23(21)28/h3-9,14,17,26-27H,10-13H2,1-2H3,(H,24,28)/t17-/m1/s1. The number of para-hydroxylation sites is 1. The van der Waals surface area contributed by atoms with E-state index in [2.05, 4.69) is 30.1 Å². The van der Waals surface area contributed by atoms with Crippen molar-refractivity contribution in [1.82, 2.24) is 4.90 Å². The van der Waals surface area contributed by atoms with Crippen LogP contribution >= 0.6 is 0 Å². The van der Waals surface area contributed by atoms with E-state index in [1.54, 1.807) is 0 Å². The minimum Gasteiger partial charge on any atom is -0.487 e. The first-order chi connectivity index (χ1) is 14.0. The van der Waals surface area contributed by atoms with E-state index in [0.717, 1.165) is 27.9 Å². The summed E-state index contributed by atoms with van der Waals surface area (Å²) in [6, 6.07) is 14.0. The molecule has 0 saturated carbocycles.